The Bertz CT molecular complexity index is 384. The van der Waals surface area contributed by atoms with Crippen LogP contribution in [0.3, 0.4) is 0 Å². The van der Waals surface area contributed by atoms with Gasteiger partial charge < -0.3 is 5.32 Å². The Morgan fingerprint density at radius 1 is 1.24 bits per heavy atom. The summed E-state index contributed by atoms with van der Waals surface area (Å²) in [5, 5.41) is 3.38. The zero-order valence-corrected chi connectivity index (χ0v) is 14.9. The predicted molar refractivity (Wildman–Crippen MR) is 88.5 cm³/mol. The molecule has 1 fully saturated rings. The van der Waals surface area contributed by atoms with Crippen molar-refractivity contribution in [2.75, 3.05) is 13.1 Å². The van der Waals surface area contributed by atoms with Crippen LogP contribution in [0.5, 0.6) is 0 Å². The highest BCUT2D eigenvalue weighted by Crippen LogP contribution is 2.20. The number of hydrogen-bond acceptors (Lipinski definition) is 3. The third-order valence-corrected chi connectivity index (χ3v) is 5.82. The molecule has 0 saturated carbocycles. The standard InChI is InChI=1S/C15H33N3O2S/c1-5-9-14(6-2)17-21(19,20)18-11-8-7-10-15(18)12-16-13(3)4/h13-17H,5-12H2,1-4H3. The van der Waals surface area contributed by atoms with E-state index >= 15 is 0 Å². The molecule has 0 aromatic carbocycles. The van der Waals surface area contributed by atoms with Crippen LogP contribution in [0.2, 0.25) is 0 Å². The molecule has 0 aromatic rings. The van der Waals surface area contributed by atoms with Gasteiger partial charge in [-0.05, 0) is 25.7 Å². The van der Waals surface area contributed by atoms with Crippen LogP contribution in [0.4, 0.5) is 0 Å². The summed E-state index contributed by atoms with van der Waals surface area (Å²) >= 11 is 0. The number of rotatable bonds is 9. The molecule has 21 heavy (non-hydrogen) atoms. The van der Waals surface area contributed by atoms with Gasteiger partial charge in [0.25, 0.3) is 10.2 Å². The second-order valence-electron chi connectivity index (χ2n) is 6.34. The number of hydrogen-bond donors (Lipinski definition) is 2. The third kappa shape index (κ3) is 6.22. The van der Waals surface area contributed by atoms with E-state index in [-0.39, 0.29) is 12.1 Å². The second kappa shape index (κ2) is 9.08. The molecule has 1 aliphatic rings. The predicted octanol–water partition coefficient (Wildman–Crippen LogP) is 2.25. The van der Waals surface area contributed by atoms with Gasteiger partial charge in [0.1, 0.15) is 0 Å². The lowest BCUT2D eigenvalue weighted by Crippen LogP contribution is -2.54. The molecule has 0 spiro atoms. The lowest BCUT2D eigenvalue weighted by molar-refractivity contribution is 0.237. The van der Waals surface area contributed by atoms with E-state index in [1.165, 1.54) is 0 Å². The highest BCUT2D eigenvalue weighted by molar-refractivity contribution is 7.87. The first-order valence-corrected chi connectivity index (χ1v) is 9.87. The van der Waals surface area contributed by atoms with Crippen molar-refractivity contribution < 1.29 is 8.42 Å². The smallest absolute Gasteiger partial charge is 0.279 e. The van der Waals surface area contributed by atoms with Gasteiger partial charge in [-0.25, -0.2) is 0 Å². The minimum Gasteiger partial charge on any atom is -0.313 e. The number of nitrogens with one attached hydrogen (secondary N) is 2. The molecule has 6 heteroatoms. The normalized spacial score (nSPS) is 22.6. The van der Waals surface area contributed by atoms with Crippen molar-refractivity contribution >= 4 is 10.2 Å². The van der Waals surface area contributed by atoms with E-state index in [1.807, 2.05) is 6.92 Å². The van der Waals surface area contributed by atoms with Gasteiger partial charge in [-0.3, -0.25) is 0 Å². The van der Waals surface area contributed by atoms with Crippen molar-refractivity contribution in [3.8, 4) is 0 Å². The van der Waals surface area contributed by atoms with Crippen LogP contribution in [0.25, 0.3) is 0 Å². The number of piperidine rings is 1. The monoisotopic (exact) mass is 319 g/mol. The molecule has 2 unspecified atom stereocenters. The Kier molecular flexibility index (Phi) is 8.16. The lowest BCUT2D eigenvalue weighted by Gasteiger charge is -2.36. The Morgan fingerprint density at radius 2 is 1.95 bits per heavy atom. The summed E-state index contributed by atoms with van der Waals surface area (Å²) in [7, 11) is -3.37. The van der Waals surface area contributed by atoms with Gasteiger partial charge in [0.15, 0.2) is 0 Å². The minimum atomic E-state index is -3.37. The maximum atomic E-state index is 12.7. The van der Waals surface area contributed by atoms with Gasteiger partial charge in [-0.2, -0.15) is 17.4 Å². The van der Waals surface area contributed by atoms with Gasteiger partial charge in [0.05, 0.1) is 0 Å². The van der Waals surface area contributed by atoms with Crippen molar-refractivity contribution in [1.29, 1.82) is 0 Å². The summed E-state index contributed by atoms with van der Waals surface area (Å²) in [6, 6.07) is 0.520. The summed E-state index contributed by atoms with van der Waals surface area (Å²) in [5.74, 6) is 0. The molecule has 126 valence electrons. The molecule has 0 aromatic heterocycles. The SMILES string of the molecule is CCCC(CC)NS(=O)(=O)N1CCCCC1CNC(C)C. The average Bonchev–Trinajstić information content (AvgIpc) is 2.44. The van der Waals surface area contributed by atoms with E-state index in [1.54, 1.807) is 4.31 Å². The molecule has 1 heterocycles. The van der Waals surface area contributed by atoms with Crippen molar-refractivity contribution in [3.63, 3.8) is 0 Å². The number of nitrogens with zero attached hydrogens (tertiary/aromatic N) is 1. The van der Waals surface area contributed by atoms with Crippen LogP contribution in [0, 0.1) is 0 Å². The third-order valence-electron chi connectivity index (χ3n) is 4.09. The molecule has 1 saturated heterocycles. The van der Waals surface area contributed by atoms with E-state index in [9.17, 15) is 8.42 Å². The lowest BCUT2D eigenvalue weighted by atomic mass is 10.0. The van der Waals surface area contributed by atoms with E-state index in [0.717, 1.165) is 45.1 Å². The van der Waals surface area contributed by atoms with Crippen LogP contribution in [0.15, 0.2) is 0 Å². The van der Waals surface area contributed by atoms with E-state index < -0.39 is 10.2 Å². The molecule has 1 aliphatic heterocycles. The van der Waals surface area contributed by atoms with Crippen molar-refractivity contribution in [1.82, 2.24) is 14.3 Å². The van der Waals surface area contributed by atoms with Crippen molar-refractivity contribution in [2.24, 2.45) is 0 Å². The van der Waals surface area contributed by atoms with Crippen LogP contribution < -0.4 is 10.0 Å². The van der Waals surface area contributed by atoms with Crippen LogP contribution in [-0.4, -0.2) is 43.9 Å². The zero-order valence-electron chi connectivity index (χ0n) is 14.1. The van der Waals surface area contributed by atoms with Gasteiger partial charge >= 0.3 is 0 Å². The molecular formula is C15H33N3O2S. The van der Waals surface area contributed by atoms with Crippen LogP contribution in [-0.2, 0) is 10.2 Å². The largest absolute Gasteiger partial charge is 0.313 e. The quantitative estimate of drug-likeness (QED) is 0.685. The summed E-state index contributed by atoms with van der Waals surface area (Å²) in [5.41, 5.74) is 0. The highest BCUT2D eigenvalue weighted by Gasteiger charge is 2.33. The second-order valence-corrected chi connectivity index (χ2v) is 7.99. The molecule has 0 bridgehead atoms. The van der Waals surface area contributed by atoms with E-state index in [4.69, 9.17) is 0 Å². The summed E-state index contributed by atoms with van der Waals surface area (Å²) in [6.45, 7) is 9.69. The highest BCUT2D eigenvalue weighted by atomic mass is 32.2. The maximum absolute atomic E-state index is 12.7. The molecule has 0 radical (unpaired) electrons. The Morgan fingerprint density at radius 3 is 2.52 bits per heavy atom. The molecule has 1 rings (SSSR count). The van der Waals surface area contributed by atoms with Gasteiger partial charge in [-0.1, -0.05) is 40.5 Å². The minimum absolute atomic E-state index is 0.0561. The zero-order chi connectivity index (χ0) is 15.9. The fraction of sp³-hybridized carbons (Fsp3) is 1.00. The molecule has 0 aliphatic carbocycles. The fourth-order valence-corrected chi connectivity index (χ4v) is 4.62. The summed E-state index contributed by atoms with van der Waals surface area (Å²) in [6.07, 6.45) is 5.77. The van der Waals surface area contributed by atoms with Crippen LogP contribution in [0.1, 0.15) is 66.2 Å². The molecule has 2 N–H and O–H groups in total. The van der Waals surface area contributed by atoms with E-state index in [2.05, 4.69) is 30.8 Å². The van der Waals surface area contributed by atoms with Crippen molar-refractivity contribution in [2.45, 2.75) is 84.3 Å². The van der Waals surface area contributed by atoms with Gasteiger partial charge in [0, 0.05) is 31.2 Å². The van der Waals surface area contributed by atoms with Gasteiger partial charge in [0.2, 0.25) is 0 Å². The molecule has 5 nitrogen and oxygen atoms in total. The Labute approximate surface area is 131 Å². The first-order chi connectivity index (χ1) is 9.90. The molecular weight excluding hydrogens is 286 g/mol. The first-order valence-electron chi connectivity index (χ1n) is 8.43. The van der Waals surface area contributed by atoms with E-state index in [0.29, 0.717) is 12.6 Å². The first kappa shape index (κ1) is 18.9. The molecule has 2 atom stereocenters. The summed E-state index contributed by atoms with van der Waals surface area (Å²) < 4.78 is 29.9. The van der Waals surface area contributed by atoms with Gasteiger partial charge in [-0.15, -0.1) is 0 Å². The fourth-order valence-electron chi connectivity index (χ4n) is 2.84. The topological polar surface area (TPSA) is 61.4 Å². The van der Waals surface area contributed by atoms with Crippen molar-refractivity contribution in [3.05, 3.63) is 0 Å². The maximum Gasteiger partial charge on any atom is 0.279 e. The van der Waals surface area contributed by atoms with Crippen LogP contribution >= 0.6 is 0 Å². The average molecular weight is 320 g/mol. The summed E-state index contributed by atoms with van der Waals surface area (Å²) in [4.78, 5) is 0. The molecule has 0 amide bonds. The Hall–Kier alpha value is -0.170. The Balaban J connectivity index is 2.71.